The van der Waals surface area contributed by atoms with Gasteiger partial charge in [0.15, 0.2) is 0 Å². The molecule has 4 amide bonds. The summed E-state index contributed by atoms with van der Waals surface area (Å²) in [6.07, 6.45) is 20.8. The van der Waals surface area contributed by atoms with Crippen molar-refractivity contribution in [3.05, 3.63) is 0 Å². The SMILES string of the molecule is C#C[C@]12CSC(CCCCC(=O)NCCCCCC(=O)NCCCCC[NH3+])[C@@]1(C#C)NC(=O)N2. The molecule has 2 saturated heterocycles. The smallest absolute Gasteiger partial charge is 0.317 e. The Morgan fingerprint density at radius 1 is 0.941 bits per heavy atom. The Labute approximate surface area is 208 Å². The molecule has 0 saturated carbocycles. The van der Waals surface area contributed by atoms with Crippen LogP contribution in [0.5, 0.6) is 0 Å². The molecule has 8 nitrogen and oxygen atoms in total. The van der Waals surface area contributed by atoms with Gasteiger partial charge < -0.3 is 27.0 Å². The predicted molar refractivity (Wildman–Crippen MR) is 136 cm³/mol. The van der Waals surface area contributed by atoms with Crippen LogP contribution < -0.4 is 27.0 Å². The maximum atomic E-state index is 12.1. The van der Waals surface area contributed by atoms with Crippen molar-refractivity contribution < 1.29 is 20.1 Å². The highest BCUT2D eigenvalue weighted by atomic mass is 32.2. The average Bonchev–Trinajstić information content (AvgIpc) is 3.28. The maximum Gasteiger partial charge on any atom is 0.317 e. The topological polar surface area (TPSA) is 127 Å². The number of fused-ring (bicyclic) bond motifs is 1. The fourth-order valence-electron chi connectivity index (χ4n) is 4.52. The fourth-order valence-corrected chi connectivity index (χ4v) is 6.27. The Morgan fingerprint density at radius 3 is 2.15 bits per heavy atom. The standard InChI is InChI=1S/C25H39N5O3S/c1-3-24-19-34-20(25(24,4-2)30-23(33)29-24)13-8-9-15-22(32)27-17-11-5-7-14-21(31)28-18-12-6-10-16-26/h1-2,20H,5-19,26H2,(H,27,32)(H,28,31)(H2,29,30,33)/p+1/t20?,24-,25+/m0/s1. The third kappa shape index (κ3) is 7.32. The average molecular weight is 491 g/mol. The largest absolute Gasteiger partial charge is 0.358 e. The Kier molecular flexibility index (Phi) is 11.6. The van der Waals surface area contributed by atoms with Gasteiger partial charge in [-0.15, -0.1) is 12.8 Å². The molecule has 1 unspecified atom stereocenters. The van der Waals surface area contributed by atoms with Gasteiger partial charge in [-0.25, -0.2) is 4.79 Å². The zero-order valence-electron chi connectivity index (χ0n) is 20.2. The Morgan fingerprint density at radius 2 is 1.56 bits per heavy atom. The predicted octanol–water partition coefficient (Wildman–Crippen LogP) is 0.924. The van der Waals surface area contributed by atoms with Gasteiger partial charge in [-0.2, -0.15) is 11.8 Å². The van der Waals surface area contributed by atoms with Gasteiger partial charge >= 0.3 is 6.03 Å². The molecule has 188 valence electrons. The van der Waals surface area contributed by atoms with E-state index in [2.05, 4.69) is 38.8 Å². The van der Waals surface area contributed by atoms with E-state index < -0.39 is 11.1 Å². The number of amides is 4. The zero-order chi connectivity index (χ0) is 24.9. The summed E-state index contributed by atoms with van der Waals surface area (Å²) in [5, 5.41) is 11.6. The molecule has 7 N–H and O–H groups in total. The van der Waals surface area contributed by atoms with E-state index in [1.807, 2.05) is 0 Å². The molecule has 9 heteroatoms. The van der Waals surface area contributed by atoms with E-state index in [4.69, 9.17) is 12.8 Å². The minimum atomic E-state index is -0.880. The number of carbonyl (C=O) groups is 3. The number of urea groups is 1. The summed E-state index contributed by atoms with van der Waals surface area (Å²) in [6.45, 7) is 2.32. The van der Waals surface area contributed by atoms with E-state index in [0.29, 0.717) is 25.1 Å². The lowest BCUT2D eigenvalue weighted by Gasteiger charge is -2.33. The summed E-state index contributed by atoms with van der Waals surface area (Å²) >= 11 is 1.68. The molecule has 2 heterocycles. The van der Waals surface area contributed by atoms with E-state index in [0.717, 1.165) is 70.9 Å². The summed E-state index contributed by atoms with van der Waals surface area (Å²) < 4.78 is 0. The number of nitrogens with one attached hydrogen (secondary N) is 4. The number of rotatable bonds is 16. The van der Waals surface area contributed by atoms with E-state index >= 15 is 0 Å². The van der Waals surface area contributed by atoms with Crippen LogP contribution in [0.4, 0.5) is 4.79 Å². The lowest BCUT2D eigenvalue weighted by atomic mass is 9.77. The van der Waals surface area contributed by atoms with Gasteiger partial charge in [0.05, 0.1) is 6.54 Å². The quantitative estimate of drug-likeness (QED) is 0.125. The first kappa shape index (κ1) is 27.9. The zero-order valence-corrected chi connectivity index (χ0v) is 21.0. The van der Waals surface area contributed by atoms with Crippen LogP contribution in [0.1, 0.15) is 70.6 Å². The van der Waals surface area contributed by atoms with Crippen molar-refractivity contribution in [2.45, 2.75) is 87.0 Å². The second-order valence-electron chi connectivity index (χ2n) is 9.05. The van der Waals surface area contributed by atoms with E-state index in [1.54, 1.807) is 11.8 Å². The van der Waals surface area contributed by atoms with Crippen LogP contribution in [0.15, 0.2) is 0 Å². The van der Waals surface area contributed by atoms with Crippen LogP contribution >= 0.6 is 11.8 Å². The van der Waals surface area contributed by atoms with Crippen molar-refractivity contribution in [2.75, 3.05) is 25.4 Å². The molecule has 0 spiro atoms. The molecule has 0 aromatic rings. The number of hydrogen-bond acceptors (Lipinski definition) is 4. The van der Waals surface area contributed by atoms with Gasteiger partial charge in [0, 0.05) is 36.9 Å². The fraction of sp³-hybridized carbons (Fsp3) is 0.720. The lowest BCUT2D eigenvalue weighted by molar-refractivity contribution is -0.368. The van der Waals surface area contributed by atoms with E-state index in [-0.39, 0.29) is 23.1 Å². The van der Waals surface area contributed by atoms with Crippen molar-refractivity contribution in [3.63, 3.8) is 0 Å². The Hall–Kier alpha value is -2.36. The second-order valence-corrected chi connectivity index (χ2v) is 10.2. The number of carbonyl (C=O) groups excluding carboxylic acids is 3. The summed E-state index contributed by atoms with van der Waals surface area (Å²) in [7, 11) is 0. The number of unbranched alkanes of at least 4 members (excludes halogenated alkanes) is 5. The molecular formula is C25H40N5O3S+. The highest BCUT2D eigenvalue weighted by Gasteiger charge is 2.65. The molecule has 2 aliphatic rings. The molecule has 0 aromatic heterocycles. The molecule has 3 atom stereocenters. The molecule has 34 heavy (non-hydrogen) atoms. The van der Waals surface area contributed by atoms with Crippen LogP contribution in [0.25, 0.3) is 0 Å². The van der Waals surface area contributed by atoms with Crippen LogP contribution in [0, 0.1) is 24.7 Å². The molecular weight excluding hydrogens is 450 g/mol. The molecule has 0 bridgehead atoms. The number of thioether (sulfide) groups is 1. The molecule has 2 rings (SSSR count). The highest BCUT2D eigenvalue weighted by molar-refractivity contribution is 8.00. The van der Waals surface area contributed by atoms with Crippen LogP contribution in [0.3, 0.4) is 0 Å². The monoisotopic (exact) mass is 490 g/mol. The van der Waals surface area contributed by atoms with Gasteiger partial charge in [0.1, 0.15) is 11.1 Å². The van der Waals surface area contributed by atoms with Crippen LogP contribution in [0.2, 0.25) is 0 Å². The summed E-state index contributed by atoms with van der Waals surface area (Å²) in [6, 6.07) is -0.318. The first-order chi connectivity index (χ1) is 16.4. The van der Waals surface area contributed by atoms with Crippen LogP contribution in [-0.2, 0) is 9.59 Å². The molecule has 2 fully saturated rings. The Bertz CT molecular complexity index is 792. The first-order valence-electron chi connectivity index (χ1n) is 12.4. The minimum Gasteiger partial charge on any atom is -0.358 e. The van der Waals surface area contributed by atoms with Crippen molar-refractivity contribution in [2.24, 2.45) is 0 Å². The minimum absolute atomic E-state index is 0.0152. The van der Waals surface area contributed by atoms with Crippen molar-refractivity contribution in [3.8, 4) is 24.7 Å². The van der Waals surface area contributed by atoms with E-state index in [1.165, 1.54) is 0 Å². The van der Waals surface area contributed by atoms with Crippen molar-refractivity contribution >= 4 is 29.6 Å². The third-order valence-corrected chi connectivity index (χ3v) is 8.13. The van der Waals surface area contributed by atoms with Crippen LogP contribution in [-0.4, -0.2) is 59.6 Å². The van der Waals surface area contributed by atoms with Gasteiger partial charge in [-0.3, -0.25) is 9.59 Å². The summed E-state index contributed by atoms with van der Waals surface area (Å²) in [5.74, 6) is 6.21. The molecule has 0 aromatic carbocycles. The molecule has 0 aliphatic carbocycles. The van der Waals surface area contributed by atoms with Crippen molar-refractivity contribution in [1.29, 1.82) is 0 Å². The van der Waals surface area contributed by atoms with Gasteiger partial charge in [-0.1, -0.05) is 24.7 Å². The van der Waals surface area contributed by atoms with Crippen molar-refractivity contribution in [1.82, 2.24) is 21.3 Å². The summed E-state index contributed by atoms with van der Waals surface area (Å²) in [5.41, 5.74) is 2.08. The lowest BCUT2D eigenvalue weighted by Crippen LogP contribution is -2.60. The van der Waals surface area contributed by atoms with Gasteiger partial charge in [-0.05, 0) is 44.9 Å². The summed E-state index contributed by atoms with van der Waals surface area (Å²) in [4.78, 5) is 35.8. The van der Waals surface area contributed by atoms with Gasteiger partial charge in [0.2, 0.25) is 11.8 Å². The molecule has 0 radical (unpaired) electrons. The van der Waals surface area contributed by atoms with E-state index in [9.17, 15) is 14.4 Å². The maximum absolute atomic E-state index is 12.1. The first-order valence-corrected chi connectivity index (χ1v) is 13.5. The number of terminal acetylenes is 2. The number of hydrogen-bond donors (Lipinski definition) is 5. The number of quaternary nitrogens is 1. The normalized spacial score (nSPS) is 24.9. The highest BCUT2D eigenvalue weighted by Crippen LogP contribution is 2.47. The molecule has 2 aliphatic heterocycles. The second kappa shape index (κ2) is 14.1. The third-order valence-electron chi connectivity index (χ3n) is 6.54. The van der Waals surface area contributed by atoms with Gasteiger partial charge in [0.25, 0.3) is 0 Å². The Balaban J connectivity index is 1.51.